The first-order valence-electron chi connectivity index (χ1n) is 7.11. The molecule has 0 saturated carbocycles. The molecule has 0 amide bonds. The monoisotopic (exact) mass is 342 g/mol. The van der Waals surface area contributed by atoms with Gasteiger partial charge in [0, 0.05) is 11.6 Å². The summed E-state index contributed by atoms with van der Waals surface area (Å²) in [5, 5.41) is 8.97. The molecule has 130 valence electrons. The Labute approximate surface area is 137 Å². The summed E-state index contributed by atoms with van der Waals surface area (Å²) < 4.78 is 48.7. The SMILES string of the molecule is CC.CC#Cc1cc2c(cc1OC)OC(C(F)(F)F)C(C(=O)O)=C2. The van der Waals surface area contributed by atoms with Gasteiger partial charge in [0.25, 0.3) is 0 Å². The van der Waals surface area contributed by atoms with Gasteiger partial charge >= 0.3 is 12.1 Å². The fourth-order valence-electron chi connectivity index (χ4n) is 2.04. The average Bonchev–Trinajstić information content (AvgIpc) is 2.54. The molecule has 0 fully saturated rings. The van der Waals surface area contributed by atoms with Gasteiger partial charge in [0.2, 0.25) is 6.10 Å². The van der Waals surface area contributed by atoms with E-state index in [1.807, 2.05) is 13.8 Å². The predicted molar refractivity (Wildman–Crippen MR) is 83.0 cm³/mol. The largest absolute Gasteiger partial charge is 0.495 e. The molecule has 1 aromatic rings. The second kappa shape index (κ2) is 7.77. The first-order valence-corrected chi connectivity index (χ1v) is 7.11. The molecule has 7 heteroatoms. The number of hydrogen-bond donors (Lipinski definition) is 1. The van der Waals surface area contributed by atoms with Gasteiger partial charge in [-0.3, -0.25) is 0 Å². The van der Waals surface area contributed by atoms with Crippen molar-refractivity contribution in [2.24, 2.45) is 0 Å². The molecule has 1 aliphatic heterocycles. The molecular formula is C17H17F3O4. The van der Waals surface area contributed by atoms with Gasteiger partial charge in [-0.2, -0.15) is 13.2 Å². The third kappa shape index (κ3) is 4.02. The topological polar surface area (TPSA) is 55.8 Å². The minimum Gasteiger partial charge on any atom is -0.495 e. The molecule has 24 heavy (non-hydrogen) atoms. The van der Waals surface area contributed by atoms with E-state index < -0.39 is 23.8 Å². The van der Waals surface area contributed by atoms with E-state index in [1.54, 1.807) is 6.92 Å². The van der Waals surface area contributed by atoms with Gasteiger partial charge < -0.3 is 14.6 Å². The highest BCUT2D eigenvalue weighted by atomic mass is 19.4. The van der Waals surface area contributed by atoms with E-state index in [0.717, 1.165) is 6.08 Å². The van der Waals surface area contributed by atoms with Crippen molar-refractivity contribution >= 4 is 12.0 Å². The van der Waals surface area contributed by atoms with Crippen molar-refractivity contribution in [1.29, 1.82) is 0 Å². The Morgan fingerprint density at radius 3 is 2.42 bits per heavy atom. The molecule has 0 aromatic heterocycles. The highest BCUT2D eigenvalue weighted by molar-refractivity contribution is 5.95. The Morgan fingerprint density at radius 1 is 1.33 bits per heavy atom. The van der Waals surface area contributed by atoms with Crippen LogP contribution >= 0.6 is 0 Å². The fourth-order valence-corrected chi connectivity index (χ4v) is 2.04. The number of benzene rings is 1. The molecule has 4 nitrogen and oxygen atoms in total. The molecular weight excluding hydrogens is 325 g/mol. The number of alkyl halides is 3. The van der Waals surface area contributed by atoms with Crippen LogP contribution in [0.25, 0.3) is 6.08 Å². The number of fused-ring (bicyclic) bond motifs is 1. The summed E-state index contributed by atoms with van der Waals surface area (Å²) in [6, 6.07) is 2.70. The standard InChI is InChI=1S/C15H11F3O4.C2H6/c1-3-4-8-5-9-6-10(14(19)20)13(15(16,17)18)22-12(9)7-11(8)21-2;1-2/h5-7,13H,1-2H3,(H,19,20);1-2H3. The van der Waals surface area contributed by atoms with Gasteiger partial charge in [-0.1, -0.05) is 19.8 Å². The molecule has 1 aromatic carbocycles. The Balaban J connectivity index is 0.00000139. The number of aliphatic carboxylic acids is 1. The van der Waals surface area contributed by atoms with Crippen LogP contribution in [-0.4, -0.2) is 30.5 Å². The number of rotatable bonds is 2. The van der Waals surface area contributed by atoms with Crippen molar-refractivity contribution in [1.82, 2.24) is 0 Å². The lowest BCUT2D eigenvalue weighted by Crippen LogP contribution is -2.40. The number of carbonyl (C=O) groups is 1. The third-order valence-corrected chi connectivity index (χ3v) is 2.97. The minimum absolute atomic E-state index is 0.106. The summed E-state index contributed by atoms with van der Waals surface area (Å²) in [7, 11) is 1.35. The molecule has 0 radical (unpaired) electrons. The lowest BCUT2D eigenvalue weighted by atomic mass is 9.99. The Bertz CT molecular complexity index is 709. The van der Waals surface area contributed by atoms with E-state index in [2.05, 4.69) is 11.8 Å². The quantitative estimate of drug-likeness (QED) is 0.829. The van der Waals surface area contributed by atoms with Crippen LogP contribution in [0.4, 0.5) is 13.2 Å². The van der Waals surface area contributed by atoms with Crippen LogP contribution in [0, 0.1) is 11.8 Å². The van der Waals surface area contributed by atoms with Crippen molar-refractivity contribution in [2.45, 2.75) is 33.1 Å². The number of carboxylic acids is 1. The molecule has 0 spiro atoms. The third-order valence-electron chi connectivity index (χ3n) is 2.97. The smallest absolute Gasteiger partial charge is 0.430 e. The van der Waals surface area contributed by atoms with Gasteiger partial charge in [0.15, 0.2) is 0 Å². The lowest BCUT2D eigenvalue weighted by molar-refractivity contribution is -0.187. The van der Waals surface area contributed by atoms with Crippen molar-refractivity contribution in [3.63, 3.8) is 0 Å². The number of carboxylic acid groups (broad SMARTS) is 1. The average molecular weight is 342 g/mol. The van der Waals surface area contributed by atoms with Crippen molar-refractivity contribution in [3.05, 3.63) is 28.8 Å². The number of hydrogen-bond acceptors (Lipinski definition) is 3. The molecule has 0 bridgehead atoms. The molecule has 2 rings (SSSR count). The maximum atomic E-state index is 12.9. The van der Waals surface area contributed by atoms with Crippen molar-refractivity contribution < 1.29 is 32.5 Å². The maximum absolute atomic E-state index is 12.9. The van der Waals surface area contributed by atoms with Gasteiger partial charge in [0.05, 0.1) is 18.2 Å². The van der Waals surface area contributed by atoms with Gasteiger partial charge in [-0.15, -0.1) is 5.92 Å². The van der Waals surface area contributed by atoms with Crippen molar-refractivity contribution in [3.8, 4) is 23.3 Å². The maximum Gasteiger partial charge on any atom is 0.430 e. The van der Waals surface area contributed by atoms with Gasteiger partial charge in [0.1, 0.15) is 11.5 Å². The number of halogens is 3. The fraction of sp³-hybridized carbons (Fsp3) is 0.353. The zero-order valence-electron chi connectivity index (χ0n) is 13.6. The zero-order valence-corrected chi connectivity index (χ0v) is 13.6. The highest BCUT2D eigenvalue weighted by Gasteiger charge is 2.48. The van der Waals surface area contributed by atoms with Crippen LogP contribution in [0.2, 0.25) is 0 Å². The summed E-state index contributed by atoms with van der Waals surface area (Å²) in [6.07, 6.45) is -6.42. The van der Waals surface area contributed by atoms with Gasteiger partial charge in [-0.25, -0.2) is 4.79 Å². The second-order valence-electron chi connectivity index (χ2n) is 4.41. The zero-order chi connectivity index (χ0) is 18.5. The molecule has 1 atom stereocenters. The van der Waals surface area contributed by atoms with E-state index in [-0.39, 0.29) is 17.1 Å². The first kappa shape index (κ1) is 19.4. The summed E-state index contributed by atoms with van der Waals surface area (Å²) in [5.41, 5.74) is -0.240. The molecule has 1 N–H and O–H groups in total. The van der Waals surface area contributed by atoms with Crippen LogP contribution < -0.4 is 9.47 Å². The minimum atomic E-state index is -4.84. The molecule has 1 heterocycles. The summed E-state index contributed by atoms with van der Waals surface area (Å²) in [6.45, 7) is 5.59. The molecule has 1 unspecified atom stereocenters. The summed E-state index contributed by atoms with van der Waals surface area (Å²) in [4.78, 5) is 11.1. The molecule has 0 saturated heterocycles. The molecule has 1 aliphatic rings. The van der Waals surface area contributed by atoms with E-state index in [4.69, 9.17) is 14.6 Å². The normalized spacial score (nSPS) is 15.5. The van der Waals surface area contributed by atoms with Crippen LogP contribution in [0.5, 0.6) is 11.5 Å². The summed E-state index contributed by atoms with van der Waals surface area (Å²) in [5.74, 6) is 3.84. The van der Waals surface area contributed by atoms with Crippen LogP contribution in [-0.2, 0) is 4.79 Å². The van der Waals surface area contributed by atoms with E-state index in [0.29, 0.717) is 5.56 Å². The first-order chi connectivity index (χ1) is 11.3. The Morgan fingerprint density at radius 2 is 1.96 bits per heavy atom. The van der Waals surface area contributed by atoms with E-state index in [1.165, 1.54) is 19.2 Å². The van der Waals surface area contributed by atoms with Gasteiger partial charge in [-0.05, 0) is 19.1 Å². The Hall–Kier alpha value is -2.62. The van der Waals surface area contributed by atoms with E-state index in [9.17, 15) is 18.0 Å². The summed E-state index contributed by atoms with van der Waals surface area (Å²) >= 11 is 0. The number of ether oxygens (including phenoxy) is 2. The number of methoxy groups -OCH3 is 1. The van der Waals surface area contributed by atoms with Crippen LogP contribution in [0.1, 0.15) is 31.9 Å². The van der Waals surface area contributed by atoms with Crippen LogP contribution in [0.3, 0.4) is 0 Å². The highest BCUT2D eigenvalue weighted by Crippen LogP contribution is 2.39. The molecule has 0 aliphatic carbocycles. The second-order valence-corrected chi connectivity index (χ2v) is 4.41. The van der Waals surface area contributed by atoms with Crippen molar-refractivity contribution in [2.75, 3.05) is 7.11 Å². The van der Waals surface area contributed by atoms with Crippen LogP contribution in [0.15, 0.2) is 17.7 Å². The lowest BCUT2D eigenvalue weighted by Gasteiger charge is -2.27. The van der Waals surface area contributed by atoms with E-state index >= 15 is 0 Å². The Kier molecular flexibility index (Phi) is 6.29. The predicted octanol–water partition coefficient (Wildman–Crippen LogP) is 3.88.